The van der Waals surface area contributed by atoms with Gasteiger partial charge in [0.15, 0.2) is 0 Å². The molecule has 0 fully saturated rings. The van der Waals surface area contributed by atoms with Crippen LogP contribution in [0.4, 0.5) is 0 Å². The zero-order valence-electron chi connectivity index (χ0n) is 12.5. The maximum Gasteiger partial charge on any atom is 0.0586 e. The standard InChI is InChI=1S/C21H19Br/c22-21(20-14-8-3-9-15-20,16-18-10-4-1-5-11-18)17-19-12-6-2-7-13-19/h1-15H,16-17H2. The van der Waals surface area contributed by atoms with E-state index in [1.807, 2.05) is 0 Å². The minimum absolute atomic E-state index is 0.0863. The van der Waals surface area contributed by atoms with Crippen molar-refractivity contribution in [3.63, 3.8) is 0 Å². The summed E-state index contributed by atoms with van der Waals surface area (Å²) >= 11 is 4.07. The molecule has 0 aliphatic rings. The second kappa shape index (κ2) is 6.93. The van der Waals surface area contributed by atoms with Crippen LogP contribution < -0.4 is 0 Å². The van der Waals surface area contributed by atoms with Crippen molar-refractivity contribution in [1.82, 2.24) is 0 Å². The van der Waals surface area contributed by atoms with Crippen molar-refractivity contribution in [3.05, 3.63) is 108 Å². The first-order chi connectivity index (χ1) is 10.8. The number of rotatable bonds is 5. The molecule has 0 heterocycles. The summed E-state index contributed by atoms with van der Waals surface area (Å²) in [7, 11) is 0. The zero-order chi connectivity index (χ0) is 15.3. The molecule has 3 rings (SSSR count). The van der Waals surface area contributed by atoms with Gasteiger partial charge in [0.1, 0.15) is 0 Å². The van der Waals surface area contributed by atoms with Gasteiger partial charge < -0.3 is 0 Å². The molecule has 0 nitrogen and oxygen atoms in total. The maximum atomic E-state index is 4.07. The van der Waals surface area contributed by atoms with Gasteiger partial charge in [-0.05, 0) is 29.5 Å². The lowest BCUT2D eigenvalue weighted by Crippen LogP contribution is -2.24. The second-order valence-electron chi connectivity index (χ2n) is 5.66. The highest BCUT2D eigenvalue weighted by Gasteiger charge is 2.29. The minimum atomic E-state index is -0.0863. The highest BCUT2D eigenvalue weighted by atomic mass is 79.9. The Kier molecular flexibility index (Phi) is 4.74. The van der Waals surface area contributed by atoms with Crippen LogP contribution in [0.15, 0.2) is 91.0 Å². The molecule has 0 bridgehead atoms. The monoisotopic (exact) mass is 350 g/mol. The highest BCUT2D eigenvalue weighted by Crippen LogP contribution is 2.38. The number of hydrogen-bond donors (Lipinski definition) is 0. The Hall–Kier alpha value is -1.86. The SMILES string of the molecule is BrC(Cc1ccccc1)(Cc1ccccc1)c1ccccc1. The van der Waals surface area contributed by atoms with E-state index in [2.05, 4.69) is 107 Å². The summed E-state index contributed by atoms with van der Waals surface area (Å²) in [6.07, 6.45) is 1.93. The first kappa shape index (κ1) is 15.1. The third-order valence-electron chi connectivity index (χ3n) is 3.95. The summed E-state index contributed by atoms with van der Waals surface area (Å²) in [5.74, 6) is 0. The Morgan fingerprint density at radius 1 is 0.545 bits per heavy atom. The van der Waals surface area contributed by atoms with Crippen LogP contribution in [0.1, 0.15) is 16.7 Å². The van der Waals surface area contributed by atoms with Crippen molar-refractivity contribution in [3.8, 4) is 0 Å². The van der Waals surface area contributed by atoms with Crippen LogP contribution in [-0.4, -0.2) is 0 Å². The molecule has 0 saturated heterocycles. The Morgan fingerprint density at radius 2 is 0.909 bits per heavy atom. The van der Waals surface area contributed by atoms with Gasteiger partial charge in [0, 0.05) is 0 Å². The Balaban J connectivity index is 1.95. The molecule has 0 unspecified atom stereocenters. The molecule has 22 heavy (non-hydrogen) atoms. The average molecular weight is 351 g/mol. The lowest BCUT2D eigenvalue weighted by atomic mass is 9.86. The van der Waals surface area contributed by atoms with Crippen LogP contribution in [-0.2, 0) is 17.2 Å². The van der Waals surface area contributed by atoms with E-state index in [0.29, 0.717) is 0 Å². The van der Waals surface area contributed by atoms with Gasteiger partial charge in [0.2, 0.25) is 0 Å². The third-order valence-corrected chi connectivity index (χ3v) is 4.96. The van der Waals surface area contributed by atoms with Gasteiger partial charge in [0.05, 0.1) is 4.32 Å². The zero-order valence-corrected chi connectivity index (χ0v) is 14.0. The van der Waals surface area contributed by atoms with E-state index >= 15 is 0 Å². The molecule has 3 aromatic carbocycles. The van der Waals surface area contributed by atoms with Crippen molar-refractivity contribution < 1.29 is 0 Å². The molecule has 0 saturated carbocycles. The lowest BCUT2D eigenvalue weighted by molar-refractivity contribution is 0.630. The van der Waals surface area contributed by atoms with Gasteiger partial charge in [-0.1, -0.05) is 107 Å². The van der Waals surface area contributed by atoms with Crippen molar-refractivity contribution in [2.45, 2.75) is 17.2 Å². The Bertz CT molecular complexity index is 648. The normalized spacial score (nSPS) is 11.3. The van der Waals surface area contributed by atoms with E-state index < -0.39 is 0 Å². The summed E-state index contributed by atoms with van der Waals surface area (Å²) in [6.45, 7) is 0. The first-order valence-electron chi connectivity index (χ1n) is 7.59. The smallest absolute Gasteiger partial charge is 0.0586 e. The van der Waals surface area contributed by atoms with Crippen LogP contribution in [0.3, 0.4) is 0 Å². The average Bonchev–Trinajstić information content (AvgIpc) is 2.57. The fourth-order valence-electron chi connectivity index (χ4n) is 2.84. The van der Waals surface area contributed by atoms with Crippen molar-refractivity contribution in [2.75, 3.05) is 0 Å². The second-order valence-corrected chi connectivity index (χ2v) is 7.17. The minimum Gasteiger partial charge on any atom is -0.0794 e. The number of halogens is 1. The van der Waals surface area contributed by atoms with Crippen molar-refractivity contribution in [2.24, 2.45) is 0 Å². The molecule has 1 heteroatoms. The van der Waals surface area contributed by atoms with E-state index in [4.69, 9.17) is 0 Å². The summed E-state index contributed by atoms with van der Waals surface area (Å²) in [4.78, 5) is 0. The summed E-state index contributed by atoms with van der Waals surface area (Å²) in [5, 5.41) is 0. The molecular weight excluding hydrogens is 332 g/mol. The summed E-state index contributed by atoms with van der Waals surface area (Å²) < 4.78 is -0.0863. The molecule has 0 atom stereocenters. The fraction of sp³-hybridized carbons (Fsp3) is 0.143. The van der Waals surface area contributed by atoms with E-state index in [9.17, 15) is 0 Å². The van der Waals surface area contributed by atoms with Gasteiger partial charge in [-0.25, -0.2) is 0 Å². The van der Waals surface area contributed by atoms with E-state index in [1.54, 1.807) is 0 Å². The molecule has 0 aromatic heterocycles. The third kappa shape index (κ3) is 3.66. The van der Waals surface area contributed by atoms with Gasteiger partial charge in [-0.2, -0.15) is 0 Å². The Morgan fingerprint density at radius 3 is 1.32 bits per heavy atom. The van der Waals surface area contributed by atoms with Crippen molar-refractivity contribution >= 4 is 15.9 Å². The van der Waals surface area contributed by atoms with Crippen LogP contribution in [0.2, 0.25) is 0 Å². The van der Waals surface area contributed by atoms with Crippen LogP contribution in [0.5, 0.6) is 0 Å². The molecule has 0 amide bonds. The molecule has 0 radical (unpaired) electrons. The molecular formula is C21H19Br. The van der Waals surface area contributed by atoms with Crippen LogP contribution in [0, 0.1) is 0 Å². The molecule has 0 aliphatic carbocycles. The highest BCUT2D eigenvalue weighted by molar-refractivity contribution is 9.09. The van der Waals surface area contributed by atoms with Gasteiger partial charge in [-0.15, -0.1) is 0 Å². The fourth-order valence-corrected chi connectivity index (χ4v) is 3.75. The number of benzene rings is 3. The largest absolute Gasteiger partial charge is 0.0794 e. The van der Waals surface area contributed by atoms with E-state index in [0.717, 1.165) is 12.8 Å². The molecule has 3 aromatic rings. The molecule has 110 valence electrons. The topological polar surface area (TPSA) is 0 Å². The van der Waals surface area contributed by atoms with Crippen LogP contribution >= 0.6 is 15.9 Å². The number of hydrogen-bond acceptors (Lipinski definition) is 0. The molecule has 0 N–H and O–H groups in total. The summed E-state index contributed by atoms with van der Waals surface area (Å²) in [5.41, 5.74) is 4.01. The van der Waals surface area contributed by atoms with E-state index in [1.165, 1.54) is 16.7 Å². The van der Waals surface area contributed by atoms with Gasteiger partial charge >= 0.3 is 0 Å². The maximum absolute atomic E-state index is 4.07. The number of alkyl halides is 1. The van der Waals surface area contributed by atoms with E-state index in [-0.39, 0.29) is 4.32 Å². The van der Waals surface area contributed by atoms with Gasteiger partial charge in [0.25, 0.3) is 0 Å². The summed E-state index contributed by atoms with van der Waals surface area (Å²) in [6, 6.07) is 32.1. The molecule has 0 aliphatic heterocycles. The van der Waals surface area contributed by atoms with Crippen LogP contribution in [0.25, 0.3) is 0 Å². The van der Waals surface area contributed by atoms with Crippen molar-refractivity contribution in [1.29, 1.82) is 0 Å². The van der Waals surface area contributed by atoms with Gasteiger partial charge in [-0.3, -0.25) is 0 Å². The predicted molar refractivity (Wildman–Crippen MR) is 97.3 cm³/mol. The predicted octanol–water partition coefficient (Wildman–Crippen LogP) is 5.76. The quantitative estimate of drug-likeness (QED) is 0.513. The lowest BCUT2D eigenvalue weighted by Gasteiger charge is -2.29. The Labute approximate surface area is 141 Å². The molecule has 0 spiro atoms. The first-order valence-corrected chi connectivity index (χ1v) is 8.38.